The van der Waals surface area contributed by atoms with E-state index in [2.05, 4.69) is 44.3 Å². The first-order chi connectivity index (χ1) is 15.0. The summed E-state index contributed by atoms with van der Waals surface area (Å²) in [6, 6.07) is 14.2. The van der Waals surface area contributed by atoms with Crippen molar-refractivity contribution in [2.75, 3.05) is 38.1 Å². The maximum Gasteiger partial charge on any atom is 0.252 e. The van der Waals surface area contributed by atoms with Crippen LogP contribution < -0.4 is 10.2 Å². The summed E-state index contributed by atoms with van der Waals surface area (Å²) in [5, 5.41) is 3.17. The van der Waals surface area contributed by atoms with Crippen molar-refractivity contribution in [2.24, 2.45) is 0 Å². The van der Waals surface area contributed by atoms with Crippen LogP contribution in [-0.4, -0.2) is 54.0 Å². The summed E-state index contributed by atoms with van der Waals surface area (Å²) in [6.45, 7) is 8.03. The normalized spacial score (nSPS) is 15.5. The average Bonchev–Trinajstić information content (AvgIpc) is 2.80. The van der Waals surface area contributed by atoms with Crippen molar-refractivity contribution in [1.29, 1.82) is 0 Å². The third-order valence-electron chi connectivity index (χ3n) is 5.96. The molecule has 1 atom stereocenters. The molecule has 0 bridgehead atoms. The number of rotatable bonds is 5. The molecule has 0 saturated carbocycles. The number of hydrogen-bond donors (Lipinski definition) is 1. The number of piperazine rings is 1. The fourth-order valence-electron chi connectivity index (χ4n) is 3.91. The van der Waals surface area contributed by atoms with Crippen LogP contribution in [0.15, 0.2) is 61.2 Å². The highest BCUT2D eigenvalue weighted by molar-refractivity contribution is 5.96. The van der Waals surface area contributed by atoms with Gasteiger partial charge in [0.25, 0.3) is 5.91 Å². The Morgan fingerprint density at radius 2 is 1.74 bits per heavy atom. The summed E-state index contributed by atoms with van der Waals surface area (Å²) < 4.78 is 0. The molecule has 1 aromatic heterocycles. The van der Waals surface area contributed by atoms with Crippen molar-refractivity contribution in [3.63, 3.8) is 0 Å². The minimum atomic E-state index is -0.122. The highest BCUT2D eigenvalue weighted by atomic mass is 16.1. The number of hydrogen-bond acceptors (Lipinski definition) is 5. The van der Waals surface area contributed by atoms with E-state index in [9.17, 15) is 4.79 Å². The Labute approximate surface area is 183 Å². The third-order valence-corrected chi connectivity index (χ3v) is 5.96. The molecule has 6 heteroatoms. The molecule has 6 nitrogen and oxygen atoms in total. The molecular formula is C25H29N5O. The van der Waals surface area contributed by atoms with E-state index in [-0.39, 0.29) is 11.9 Å². The highest BCUT2D eigenvalue weighted by Crippen LogP contribution is 2.24. The molecule has 2 aromatic carbocycles. The molecule has 1 aliphatic heterocycles. The largest absolute Gasteiger partial charge is 0.369 e. The lowest BCUT2D eigenvalue weighted by Gasteiger charge is -2.34. The molecule has 1 N–H and O–H groups in total. The molecule has 31 heavy (non-hydrogen) atoms. The molecule has 2 heterocycles. The van der Waals surface area contributed by atoms with Crippen LogP contribution >= 0.6 is 0 Å². The molecule has 1 fully saturated rings. The number of likely N-dealkylation sites (N-methyl/N-ethyl adjacent to an activating group) is 1. The lowest BCUT2D eigenvalue weighted by Crippen LogP contribution is -2.44. The Morgan fingerprint density at radius 3 is 2.48 bits per heavy atom. The zero-order valence-electron chi connectivity index (χ0n) is 18.4. The minimum absolute atomic E-state index is 0.0468. The molecular weight excluding hydrogens is 386 g/mol. The Kier molecular flexibility index (Phi) is 6.28. The van der Waals surface area contributed by atoms with Gasteiger partial charge >= 0.3 is 0 Å². The maximum atomic E-state index is 13.1. The van der Waals surface area contributed by atoms with Gasteiger partial charge in [-0.1, -0.05) is 24.3 Å². The van der Waals surface area contributed by atoms with Crippen LogP contribution in [0.1, 0.15) is 34.5 Å². The average molecular weight is 416 g/mol. The maximum absolute atomic E-state index is 13.1. The van der Waals surface area contributed by atoms with Gasteiger partial charge in [-0.3, -0.25) is 4.79 Å². The van der Waals surface area contributed by atoms with Gasteiger partial charge < -0.3 is 15.1 Å². The molecule has 1 aliphatic rings. The number of carbonyl (C=O) groups is 1. The van der Waals surface area contributed by atoms with Gasteiger partial charge in [-0.2, -0.15) is 0 Å². The van der Waals surface area contributed by atoms with Crippen LogP contribution in [0, 0.1) is 6.92 Å². The summed E-state index contributed by atoms with van der Waals surface area (Å²) in [5.41, 5.74) is 5.87. The summed E-state index contributed by atoms with van der Waals surface area (Å²) in [7, 11) is 2.15. The lowest BCUT2D eigenvalue weighted by atomic mass is 10.0. The quantitative estimate of drug-likeness (QED) is 0.689. The molecule has 1 saturated heterocycles. The van der Waals surface area contributed by atoms with Gasteiger partial charge in [-0.15, -0.1) is 0 Å². The lowest BCUT2D eigenvalue weighted by molar-refractivity contribution is 0.0939. The number of amides is 1. The second-order valence-corrected chi connectivity index (χ2v) is 8.24. The first-order valence-electron chi connectivity index (χ1n) is 10.7. The first kappa shape index (κ1) is 21.0. The van der Waals surface area contributed by atoms with E-state index < -0.39 is 0 Å². The van der Waals surface area contributed by atoms with E-state index >= 15 is 0 Å². The number of nitrogens with zero attached hydrogens (tertiary/aromatic N) is 4. The van der Waals surface area contributed by atoms with Crippen molar-refractivity contribution >= 4 is 11.6 Å². The zero-order chi connectivity index (χ0) is 21.8. The van der Waals surface area contributed by atoms with Crippen LogP contribution in [0.4, 0.5) is 5.69 Å². The first-order valence-corrected chi connectivity index (χ1v) is 10.7. The SMILES string of the molecule is Cc1ccc(N2CCN(C)CC2)cc1C(=O)N[C@H](C)c1cccc(-c2cncnc2)c1. The minimum Gasteiger partial charge on any atom is -0.369 e. The van der Waals surface area contributed by atoms with Crippen LogP contribution in [0.25, 0.3) is 11.1 Å². The Balaban J connectivity index is 1.50. The smallest absolute Gasteiger partial charge is 0.252 e. The summed E-state index contributed by atoms with van der Waals surface area (Å²) >= 11 is 0. The second-order valence-electron chi connectivity index (χ2n) is 8.24. The fourth-order valence-corrected chi connectivity index (χ4v) is 3.91. The van der Waals surface area contributed by atoms with Crippen molar-refractivity contribution in [2.45, 2.75) is 19.9 Å². The van der Waals surface area contributed by atoms with Crippen molar-refractivity contribution in [1.82, 2.24) is 20.2 Å². The number of aryl methyl sites for hydroxylation is 1. The van der Waals surface area contributed by atoms with Gasteiger partial charge in [0.2, 0.25) is 0 Å². The molecule has 4 rings (SSSR count). The number of carbonyl (C=O) groups excluding carboxylic acids is 1. The second kappa shape index (κ2) is 9.27. The van der Waals surface area contributed by atoms with Crippen LogP contribution in [0.2, 0.25) is 0 Å². The van der Waals surface area contributed by atoms with Crippen LogP contribution in [0.5, 0.6) is 0 Å². The molecule has 1 amide bonds. The predicted molar refractivity (Wildman–Crippen MR) is 124 cm³/mol. The monoisotopic (exact) mass is 415 g/mol. The molecule has 3 aromatic rings. The Bertz CT molecular complexity index is 1040. The van der Waals surface area contributed by atoms with E-state index in [4.69, 9.17) is 0 Å². The van der Waals surface area contributed by atoms with Gasteiger partial charge in [0.1, 0.15) is 6.33 Å². The van der Waals surface area contributed by atoms with Gasteiger partial charge in [0.05, 0.1) is 6.04 Å². The van der Waals surface area contributed by atoms with Gasteiger partial charge in [0.15, 0.2) is 0 Å². The topological polar surface area (TPSA) is 61.4 Å². The summed E-state index contributed by atoms with van der Waals surface area (Å²) in [6.07, 6.45) is 5.11. The zero-order valence-corrected chi connectivity index (χ0v) is 18.4. The van der Waals surface area contributed by atoms with Gasteiger partial charge in [0, 0.05) is 55.4 Å². The molecule has 0 aliphatic carbocycles. The molecule has 0 spiro atoms. The molecule has 160 valence electrons. The van der Waals surface area contributed by atoms with Gasteiger partial charge in [-0.05, 0) is 55.8 Å². The highest BCUT2D eigenvalue weighted by Gasteiger charge is 2.18. The van der Waals surface area contributed by atoms with E-state index in [1.165, 1.54) is 6.33 Å². The fraction of sp³-hybridized carbons (Fsp3) is 0.320. The Hall–Kier alpha value is -3.25. The number of aromatic nitrogens is 2. The third kappa shape index (κ3) is 4.91. The van der Waals surface area contributed by atoms with Crippen molar-refractivity contribution < 1.29 is 4.79 Å². The summed E-state index contributed by atoms with van der Waals surface area (Å²) in [5.74, 6) is -0.0468. The Morgan fingerprint density at radius 1 is 1.00 bits per heavy atom. The predicted octanol–water partition coefficient (Wildman–Crippen LogP) is 3.69. The standard InChI is InChI=1S/C25H29N5O/c1-18-7-8-23(30-11-9-29(3)10-12-30)14-24(18)25(31)28-19(2)20-5-4-6-21(13-20)22-15-26-17-27-16-22/h4-8,13-17,19H,9-12H2,1-3H3,(H,28,31)/t19-/m1/s1. The van der Waals surface area contributed by atoms with Crippen LogP contribution in [-0.2, 0) is 0 Å². The molecule has 0 radical (unpaired) electrons. The number of benzene rings is 2. The van der Waals surface area contributed by atoms with Crippen LogP contribution in [0.3, 0.4) is 0 Å². The summed E-state index contributed by atoms with van der Waals surface area (Å²) in [4.78, 5) is 26.0. The number of nitrogens with one attached hydrogen (secondary N) is 1. The van der Waals surface area contributed by atoms with Crippen molar-refractivity contribution in [3.8, 4) is 11.1 Å². The number of anilines is 1. The van der Waals surface area contributed by atoms with E-state index in [0.29, 0.717) is 0 Å². The van der Waals surface area contributed by atoms with Gasteiger partial charge in [-0.25, -0.2) is 9.97 Å². The van der Waals surface area contributed by atoms with E-state index in [1.807, 2.05) is 44.2 Å². The van der Waals surface area contributed by atoms with E-state index in [0.717, 1.165) is 59.7 Å². The molecule has 0 unspecified atom stereocenters. The van der Waals surface area contributed by atoms with Crippen molar-refractivity contribution in [3.05, 3.63) is 77.9 Å². The van der Waals surface area contributed by atoms with E-state index in [1.54, 1.807) is 12.4 Å².